The van der Waals surface area contributed by atoms with Gasteiger partial charge in [0, 0.05) is 12.2 Å². The van der Waals surface area contributed by atoms with Crippen molar-refractivity contribution in [2.45, 2.75) is 51.9 Å². The Morgan fingerprint density at radius 2 is 1.41 bits per heavy atom. The molecule has 2 heteroatoms. The molecule has 0 atom stereocenters. The molecule has 0 spiro atoms. The van der Waals surface area contributed by atoms with Crippen LogP contribution in [0.5, 0.6) is 0 Å². The van der Waals surface area contributed by atoms with Gasteiger partial charge in [-0.3, -0.25) is 0 Å². The van der Waals surface area contributed by atoms with Gasteiger partial charge >= 0.3 is 0 Å². The van der Waals surface area contributed by atoms with Gasteiger partial charge in [0.15, 0.2) is 0 Å². The fourth-order valence-corrected chi connectivity index (χ4v) is 1.87. The highest BCUT2D eigenvalue weighted by molar-refractivity contribution is 14.0. The summed E-state index contributed by atoms with van der Waals surface area (Å²) in [6, 6.07) is 10.5. The van der Waals surface area contributed by atoms with Crippen LogP contribution in [0.3, 0.4) is 0 Å². The lowest BCUT2D eigenvalue weighted by Gasteiger charge is -2.05. The molecule has 0 heterocycles. The van der Waals surface area contributed by atoms with Crippen LogP contribution in [0.15, 0.2) is 30.3 Å². The summed E-state index contributed by atoms with van der Waals surface area (Å²) >= 11 is 0. The zero-order valence-corrected chi connectivity index (χ0v) is 13.3. The van der Waals surface area contributed by atoms with E-state index < -0.39 is 0 Å². The topological polar surface area (TPSA) is 12.0 Å². The van der Waals surface area contributed by atoms with Gasteiger partial charge in [-0.1, -0.05) is 63.6 Å². The van der Waals surface area contributed by atoms with Crippen molar-refractivity contribution in [3.05, 3.63) is 30.3 Å². The Bertz CT molecular complexity index is 248. The molecule has 1 aromatic carbocycles. The molecule has 1 N–H and O–H groups in total. The lowest BCUT2D eigenvalue weighted by Crippen LogP contribution is -2.00. The van der Waals surface area contributed by atoms with E-state index >= 15 is 0 Å². The monoisotopic (exact) mass is 347 g/mol. The summed E-state index contributed by atoms with van der Waals surface area (Å²) in [6.45, 7) is 3.38. The molecule has 0 bridgehead atoms. The van der Waals surface area contributed by atoms with E-state index in [1.165, 1.54) is 50.6 Å². The number of benzene rings is 1. The highest BCUT2D eigenvalue weighted by Gasteiger charge is 1.91. The van der Waals surface area contributed by atoms with E-state index in [1.807, 2.05) is 0 Å². The molecular weight excluding hydrogens is 321 g/mol. The van der Waals surface area contributed by atoms with Crippen molar-refractivity contribution in [2.24, 2.45) is 0 Å². The summed E-state index contributed by atoms with van der Waals surface area (Å²) in [5.41, 5.74) is 1.24. The maximum atomic E-state index is 3.45. The first-order valence-corrected chi connectivity index (χ1v) is 6.72. The summed E-state index contributed by atoms with van der Waals surface area (Å²) in [7, 11) is 0. The van der Waals surface area contributed by atoms with Crippen molar-refractivity contribution in [3.8, 4) is 0 Å². The number of rotatable bonds is 9. The zero-order valence-electron chi connectivity index (χ0n) is 11.0. The molecule has 0 amide bonds. The van der Waals surface area contributed by atoms with Gasteiger partial charge in [0.2, 0.25) is 0 Å². The van der Waals surface area contributed by atoms with Crippen LogP contribution in [-0.4, -0.2) is 6.54 Å². The zero-order chi connectivity index (χ0) is 11.5. The SMILES string of the molecule is CCCCCCCCCNc1ccccc1.I. The molecule has 0 aliphatic rings. The fourth-order valence-electron chi connectivity index (χ4n) is 1.87. The van der Waals surface area contributed by atoms with Gasteiger partial charge < -0.3 is 5.32 Å². The third-order valence-electron chi connectivity index (χ3n) is 2.88. The average molecular weight is 347 g/mol. The van der Waals surface area contributed by atoms with Gasteiger partial charge in [0.25, 0.3) is 0 Å². The second-order valence-corrected chi connectivity index (χ2v) is 4.41. The lowest BCUT2D eigenvalue weighted by atomic mass is 10.1. The smallest absolute Gasteiger partial charge is 0.0340 e. The van der Waals surface area contributed by atoms with Gasteiger partial charge in [-0.15, -0.1) is 24.0 Å². The first kappa shape index (κ1) is 16.8. The number of nitrogens with one attached hydrogen (secondary N) is 1. The van der Waals surface area contributed by atoms with Gasteiger partial charge in [-0.2, -0.15) is 0 Å². The molecule has 0 unspecified atom stereocenters. The molecule has 0 aliphatic carbocycles. The van der Waals surface area contributed by atoms with E-state index in [-0.39, 0.29) is 24.0 Å². The molecule has 0 aromatic heterocycles. The standard InChI is InChI=1S/C15H25N.HI/c1-2-3-4-5-6-7-11-14-16-15-12-9-8-10-13-15;/h8-10,12-13,16H,2-7,11,14H2,1H3;1H. The normalized spacial score (nSPS) is 9.71. The first-order chi connectivity index (χ1) is 7.93. The van der Waals surface area contributed by atoms with Gasteiger partial charge in [0.1, 0.15) is 0 Å². The number of para-hydroxylation sites is 1. The molecule has 0 fully saturated rings. The lowest BCUT2D eigenvalue weighted by molar-refractivity contribution is 0.596. The van der Waals surface area contributed by atoms with Gasteiger partial charge in [-0.25, -0.2) is 0 Å². The van der Waals surface area contributed by atoms with E-state index in [1.54, 1.807) is 0 Å². The van der Waals surface area contributed by atoms with E-state index in [0.717, 1.165) is 6.54 Å². The predicted molar refractivity (Wildman–Crippen MR) is 88.3 cm³/mol. The molecule has 1 rings (SSSR count). The molecule has 0 radical (unpaired) electrons. The summed E-state index contributed by atoms with van der Waals surface area (Å²) in [4.78, 5) is 0. The Kier molecular flexibility index (Phi) is 12.0. The van der Waals surface area contributed by atoms with Crippen LogP contribution in [0.4, 0.5) is 5.69 Å². The first-order valence-electron chi connectivity index (χ1n) is 6.72. The Hall–Kier alpha value is -0.250. The molecule has 0 saturated heterocycles. The average Bonchev–Trinajstić information content (AvgIpc) is 2.34. The Morgan fingerprint density at radius 3 is 2.06 bits per heavy atom. The van der Waals surface area contributed by atoms with E-state index in [4.69, 9.17) is 0 Å². The van der Waals surface area contributed by atoms with E-state index in [9.17, 15) is 0 Å². The predicted octanol–water partition coefficient (Wildman–Crippen LogP) is 5.47. The summed E-state index contributed by atoms with van der Waals surface area (Å²) < 4.78 is 0. The fraction of sp³-hybridized carbons (Fsp3) is 0.600. The molecule has 17 heavy (non-hydrogen) atoms. The van der Waals surface area contributed by atoms with Crippen LogP contribution in [-0.2, 0) is 0 Å². The quantitative estimate of drug-likeness (QED) is 0.462. The maximum Gasteiger partial charge on any atom is 0.0340 e. The van der Waals surface area contributed by atoms with Crippen LogP contribution >= 0.6 is 24.0 Å². The summed E-state index contributed by atoms with van der Waals surface area (Å²) in [6.07, 6.45) is 9.64. The van der Waals surface area contributed by atoms with Crippen molar-refractivity contribution in [3.63, 3.8) is 0 Å². The Balaban J connectivity index is 0.00000256. The Labute approximate surface area is 123 Å². The van der Waals surface area contributed by atoms with Crippen LogP contribution in [0.1, 0.15) is 51.9 Å². The molecule has 1 nitrogen and oxygen atoms in total. The third-order valence-corrected chi connectivity index (χ3v) is 2.88. The van der Waals surface area contributed by atoms with Crippen molar-refractivity contribution in [2.75, 3.05) is 11.9 Å². The number of hydrogen-bond donors (Lipinski definition) is 1. The van der Waals surface area contributed by atoms with Crippen LogP contribution in [0.25, 0.3) is 0 Å². The molecular formula is C15H26IN. The molecule has 1 aromatic rings. The van der Waals surface area contributed by atoms with Crippen LogP contribution in [0.2, 0.25) is 0 Å². The minimum absolute atomic E-state index is 0. The van der Waals surface area contributed by atoms with Crippen molar-refractivity contribution in [1.82, 2.24) is 0 Å². The van der Waals surface area contributed by atoms with Crippen molar-refractivity contribution in [1.29, 1.82) is 0 Å². The van der Waals surface area contributed by atoms with Crippen LogP contribution < -0.4 is 5.32 Å². The van der Waals surface area contributed by atoms with E-state index in [0.29, 0.717) is 0 Å². The molecule has 0 aliphatic heterocycles. The summed E-state index contributed by atoms with van der Waals surface area (Å²) in [5.74, 6) is 0. The molecule has 0 saturated carbocycles. The second-order valence-electron chi connectivity index (χ2n) is 4.41. The Morgan fingerprint density at radius 1 is 0.824 bits per heavy atom. The second kappa shape index (κ2) is 12.2. The number of unbranched alkanes of at least 4 members (excludes halogenated alkanes) is 6. The van der Waals surface area contributed by atoms with Crippen molar-refractivity contribution < 1.29 is 0 Å². The number of hydrogen-bond acceptors (Lipinski definition) is 1. The summed E-state index contributed by atoms with van der Waals surface area (Å²) in [5, 5.41) is 3.45. The third kappa shape index (κ3) is 9.45. The van der Waals surface area contributed by atoms with Crippen LogP contribution in [0, 0.1) is 0 Å². The number of anilines is 1. The van der Waals surface area contributed by atoms with Crippen molar-refractivity contribution >= 4 is 29.7 Å². The van der Waals surface area contributed by atoms with Gasteiger partial charge in [-0.05, 0) is 18.6 Å². The maximum absolute atomic E-state index is 3.45. The van der Waals surface area contributed by atoms with E-state index in [2.05, 4.69) is 42.6 Å². The highest BCUT2D eigenvalue weighted by atomic mass is 127. The molecule has 98 valence electrons. The minimum atomic E-state index is 0. The van der Waals surface area contributed by atoms with Gasteiger partial charge in [0.05, 0.1) is 0 Å². The largest absolute Gasteiger partial charge is 0.385 e. The minimum Gasteiger partial charge on any atom is -0.385 e. The number of halogens is 1. The highest BCUT2D eigenvalue weighted by Crippen LogP contribution is 2.08.